The number of thiocarbonyl (C=S) groups is 1. The van der Waals surface area contributed by atoms with E-state index in [1.54, 1.807) is 7.11 Å². The van der Waals surface area contributed by atoms with Crippen LogP contribution >= 0.6 is 12.2 Å². The summed E-state index contributed by atoms with van der Waals surface area (Å²) in [6.45, 7) is 7.24. The summed E-state index contributed by atoms with van der Waals surface area (Å²) in [5.41, 5.74) is 5.75. The Bertz CT molecular complexity index is 329. The summed E-state index contributed by atoms with van der Waals surface area (Å²) in [5.74, 6) is 0.438. The molecule has 1 saturated carbocycles. The number of carbonyl (C=O) groups excluding carboxylic acids is 1. The summed E-state index contributed by atoms with van der Waals surface area (Å²) in [6, 6.07) is 0.248. The minimum Gasteiger partial charge on any atom is -0.393 e. The first-order valence-electron chi connectivity index (χ1n) is 6.98. The zero-order valence-electron chi connectivity index (χ0n) is 12.4. The van der Waals surface area contributed by atoms with Crippen molar-refractivity contribution in [2.24, 2.45) is 23.5 Å². The third-order valence-electron chi connectivity index (χ3n) is 3.85. The molecule has 1 rings (SSSR count). The Balaban J connectivity index is 2.81. The topological polar surface area (TPSA) is 55.6 Å². The van der Waals surface area contributed by atoms with Gasteiger partial charge in [-0.3, -0.25) is 4.79 Å². The summed E-state index contributed by atoms with van der Waals surface area (Å²) in [6.07, 6.45) is 2.41. The van der Waals surface area contributed by atoms with E-state index in [0.29, 0.717) is 24.1 Å². The quantitative estimate of drug-likeness (QED) is 0.692. The molecule has 0 heterocycles. The highest BCUT2D eigenvalue weighted by molar-refractivity contribution is 7.80. The molecule has 1 amide bonds. The van der Waals surface area contributed by atoms with Gasteiger partial charge in [0, 0.05) is 19.7 Å². The van der Waals surface area contributed by atoms with Crippen molar-refractivity contribution in [3.8, 4) is 0 Å². The summed E-state index contributed by atoms with van der Waals surface area (Å²) < 4.78 is 5.12. The SMILES string of the molecule is COCCN(C(=O)C(C(N)=S)C(C)C)C(C)C1CC1. The predicted molar refractivity (Wildman–Crippen MR) is 80.9 cm³/mol. The van der Waals surface area contributed by atoms with Crippen molar-refractivity contribution in [2.75, 3.05) is 20.3 Å². The fraction of sp³-hybridized carbons (Fsp3) is 0.857. The molecule has 0 aliphatic heterocycles. The second-order valence-corrected chi connectivity index (χ2v) is 6.20. The molecule has 1 fully saturated rings. The van der Waals surface area contributed by atoms with E-state index in [-0.39, 0.29) is 23.8 Å². The van der Waals surface area contributed by atoms with Gasteiger partial charge in [-0.15, -0.1) is 0 Å². The van der Waals surface area contributed by atoms with E-state index in [1.165, 1.54) is 12.8 Å². The van der Waals surface area contributed by atoms with Crippen LogP contribution in [0.15, 0.2) is 0 Å². The number of hydrogen-bond donors (Lipinski definition) is 1. The number of nitrogens with two attached hydrogens (primary N) is 1. The van der Waals surface area contributed by atoms with E-state index in [9.17, 15) is 4.79 Å². The molecule has 5 heteroatoms. The largest absolute Gasteiger partial charge is 0.393 e. The normalized spacial score (nSPS) is 18.2. The molecule has 0 bridgehead atoms. The van der Waals surface area contributed by atoms with Gasteiger partial charge in [-0.2, -0.15) is 0 Å². The van der Waals surface area contributed by atoms with Crippen LogP contribution in [0.25, 0.3) is 0 Å². The van der Waals surface area contributed by atoms with Crippen LogP contribution in [0.1, 0.15) is 33.6 Å². The summed E-state index contributed by atoms with van der Waals surface area (Å²) in [5, 5.41) is 0. The van der Waals surface area contributed by atoms with Crippen molar-refractivity contribution in [1.82, 2.24) is 4.90 Å². The third-order valence-corrected chi connectivity index (χ3v) is 4.11. The summed E-state index contributed by atoms with van der Waals surface area (Å²) >= 11 is 5.07. The zero-order valence-corrected chi connectivity index (χ0v) is 13.2. The molecule has 0 aromatic heterocycles. The van der Waals surface area contributed by atoms with Crippen molar-refractivity contribution in [3.05, 3.63) is 0 Å². The average Bonchev–Trinajstić information content (AvgIpc) is 3.11. The highest BCUT2D eigenvalue weighted by Crippen LogP contribution is 2.35. The number of hydrogen-bond acceptors (Lipinski definition) is 3. The number of ether oxygens (including phenoxy) is 1. The summed E-state index contributed by atoms with van der Waals surface area (Å²) in [4.78, 5) is 14.9. The van der Waals surface area contributed by atoms with Crippen molar-refractivity contribution in [1.29, 1.82) is 0 Å². The van der Waals surface area contributed by atoms with Crippen LogP contribution < -0.4 is 5.73 Å². The maximum atomic E-state index is 12.7. The van der Waals surface area contributed by atoms with Crippen LogP contribution in [0.5, 0.6) is 0 Å². The maximum Gasteiger partial charge on any atom is 0.233 e. The van der Waals surface area contributed by atoms with E-state index in [2.05, 4.69) is 6.92 Å². The highest BCUT2D eigenvalue weighted by atomic mass is 32.1. The molecule has 110 valence electrons. The van der Waals surface area contributed by atoms with Gasteiger partial charge in [0.2, 0.25) is 5.91 Å². The number of rotatable bonds is 8. The minimum absolute atomic E-state index is 0.0546. The molecule has 2 N–H and O–H groups in total. The molecule has 1 aliphatic rings. The van der Waals surface area contributed by atoms with E-state index < -0.39 is 0 Å². The first kappa shape index (κ1) is 16.4. The second-order valence-electron chi connectivity index (χ2n) is 5.73. The highest BCUT2D eigenvalue weighted by Gasteiger charge is 2.37. The number of methoxy groups -OCH3 is 1. The van der Waals surface area contributed by atoms with Gasteiger partial charge < -0.3 is 15.4 Å². The molecule has 2 atom stereocenters. The van der Waals surface area contributed by atoms with Crippen LogP contribution in [0.4, 0.5) is 0 Å². The van der Waals surface area contributed by atoms with Gasteiger partial charge in [-0.05, 0) is 31.6 Å². The first-order valence-corrected chi connectivity index (χ1v) is 7.39. The van der Waals surface area contributed by atoms with Crippen LogP contribution in [0.2, 0.25) is 0 Å². The van der Waals surface area contributed by atoms with Gasteiger partial charge in [0.15, 0.2) is 0 Å². The number of carbonyl (C=O) groups is 1. The fourth-order valence-electron chi connectivity index (χ4n) is 2.45. The van der Waals surface area contributed by atoms with Crippen LogP contribution in [0, 0.1) is 17.8 Å². The lowest BCUT2D eigenvalue weighted by Crippen LogP contribution is -2.49. The lowest BCUT2D eigenvalue weighted by molar-refractivity contribution is -0.137. The van der Waals surface area contributed by atoms with Crippen molar-refractivity contribution in [2.45, 2.75) is 39.7 Å². The van der Waals surface area contributed by atoms with Crippen LogP contribution in [-0.4, -0.2) is 42.1 Å². The molecule has 0 aromatic rings. The number of nitrogens with zero attached hydrogens (tertiary/aromatic N) is 1. The van der Waals surface area contributed by atoms with E-state index >= 15 is 0 Å². The van der Waals surface area contributed by atoms with Crippen molar-refractivity contribution in [3.63, 3.8) is 0 Å². The molecular weight excluding hydrogens is 260 g/mol. The predicted octanol–water partition coefficient (Wildman–Crippen LogP) is 1.82. The molecule has 19 heavy (non-hydrogen) atoms. The van der Waals surface area contributed by atoms with Crippen LogP contribution in [0.3, 0.4) is 0 Å². The van der Waals surface area contributed by atoms with Gasteiger partial charge in [-0.25, -0.2) is 0 Å². The molecule has 4 nitrogen and oxygen atoms in total. The van der Waals surface area contributed by atoms with Crippen molar-refractivity contribution >= 4 is 23.1 Å². The lowest BCUT2D eigenvalue weighted by Gasteiger charge is -2.33. The van der Waals surface area contributed by atoms with Crippen LogP contribution in [-0.2, 0) is 9.53 Å². The molecule has 2 unspecified atom stereocenters. The van der Waals surface area contributed by atoms with Gasteiger partial charge in [0.05, 0.1) is 17.5 Å². The standard InChI is InChI=1S/C14H26N2O2S/c1-9(2)12(13(15)19)14(17)16(7-8-18-4)10(3)11-5-6-11/h9-12H,5-8H2,1-4H3,(H2,15,19). The van der Waals surface area contributed by atoms with Gasteiger partial charge in [0.25, 0.3) is 0 Å². The molecule has 1 aliphatic carbocycles. The van der Waals surface area contributed by atoms with Crippen molar-refractivity contribution < 1.29 is 9.53 Å². The third kappa shape index (κ3) is 4.42. The molecule has 0 aromatic carbocycles. The Labute approximate surface area is 121 Å². The smallest absolute Gasteiger partial charge is 0.233 e. The maximum absolute atomic E-state index is 12.7. The Kier molecular flexibility index (Phi) is 6.20. The minimum atomic E-state index is -0.368. The Morgan fingerprint density at radius 1 is 1.42 bits per heavy atom. The average molecular weight is 286 g/mol. The summed E-state index contributed by atoms with van der Waals surface area (Å²) in [7, 11) is 1.65. The molecule has 0 spiro atoms. The Hall–Kier alpha value is -0.680. The lowest BCUT2D eigenvalue weighted by atomic mass is 9.93. The fourth-order valence-corrected chi connectivity index (χ4v) is 2.82. The number of amides is 1. The second kappa shape index (κ2) is 7.20. The first-order chi connectivity index (χ1) is 8.90. The van der Waals surface area contributed by atoms with E-state index in [0.717, 1.165) is 0 Å². The van der Waals surface area contributed by atoms with Gasteiger partial charge >= 0.3 is 0 Å². The van der Waals surface area contributed by atoms with Gasteiger partial charge in [-0.1, -0.05) is 26.1 Å². The molecule has 0 radical (unpaired) electrons. The van der Waals surface area contributed by atoms with E-state index in [1.807, 2.05) is 18.7 Å². The molecular formula is C14H26N2O2S. The monoisotopic (exact) mass is 286 g/mol. The Morgan fingerprint density at radius 2 is 2.00 bits per heavy atom. The van der Waals surface area contributed by atoms with E-state index in [4.69, 9.17) is 22.7 Å². The Morgan fingerprint density at radius 3 is 2.37 bits per heavy atom. The molecule has 0 saturated heterocycles. The zero-order chi connectivity index (χ0) is 14.6. The van der Waals surface area contributed by atoms with Gasteiger partial charge in [0.1, 0.15) is 0 Å².